The molecule has 0 radical (unpaired) electrons. The first-order valence-electron chi connectivity index (χ1n) is 10.5. The quantitative estimate of drug-likeness (QED) is 0.579. The van der Waals surface area contributed by atoms with E-state index in [1.807, 2.05) is 13.8 Å². The number of benzene rings is 1. The van der Waals surface area contributed by atoms with Crippen molar-refractivity contribution in [1.29, 1.82) is 0 Å². The second-order valence-corrected chi connectivity index (χ2v) is 8.32. The molecule has 1 saturated heterocycles. The van der Waals surface area contributed by atoms with Gasteiger partial charge in [0.05, 0.1) is 29.3 Å². The fraction of sp³-hybridized carbons (Fsp3) is 0.409. The minimum Gasteiger partial charge on any atom is -0.491 e. The van der Waals surface area contributed by atoms with Crippen molar-refractivity contribution in [2.24, 2.45) is 4.99 Å². The second-order valence-electron chi connectivity index (χ2n) is 8.32. The van der Waals surface area contributed by atoms with Crippen LogP contribution in [-0.2, 0) is 10.9 Å². The minimum atomic E-state index is -4.56. The number of hydrogen-bond donors (Lipinski definition) is 1. The fourth-order valence-electron chi connectivity index (χ4n) is 4.42. The van der Waals surface area contributed by atoms with Crippen LogP contribution < -0.4 is 4.74 Å². The molecule has 4 heterocycles. The number of nitrogens with one attached hydrogen (secondary N) is 1. The van der Waals surface area contributed by atoms with Gasteiger partial charge in [-0.1, -0.05) is 0 Å². The molecule has 33 heavy (non-hydrogen) atoms. The van der Waals surface area contributed by atoms with Gasteiger partial charge in [-0.05, 0) is 32.0 Å². The van der Waals surface area contributed by atoms with Crippen LogP contribution in [0.25, 0.3) is 11.0 Å². The SMILES string of the molecule is C[C@@H]1CN([C@@H]2COc3cc(F)ccc3C2=Nc2ncnc3[nH]c(C(F)(F)F)cc23)C[C@H](C)O1. The normalized spacial score (nSPS) is 25.3. The van der Waals surface area contributed by atoms with Gasteiger partial charge in [0.1, 0.15) is 35.8 Å². The molecule has 7 nitrogen and oxygen atoms in total. The zero-order valence-electron chi connectivity index (χ0n) is 17.9. The molecule has 11 heteroatoms. The van der Waals surface area contributed by atoms with Crippen molar-refractivity contribution < 1.29 is 27.0 Å². The summed E-state index contributed by atoms with van der Waals surface area (Å²) in [6.07, 6.45) is -3.43. The number of hydrogen-bond acceptors (Lipinski definition) is 6. The molecule has 2 aromatic heterocycles. The lowest BCUT2D eigenvalue weighted by Gasteiger charge is -2.42. The average Bonchev–Trinajstić information content (AvgIpc) is 3.19. The summed E-state index contributed by atoms with van der Waals surface area (Å²) in [4.78, 5) is 17.2. The first-order valence-corrected chi connectivity index (χ1v) is 10.5. The maximum absolute atomic E-state index is 13.8. The lowest BCUT2D eigenvalue weighted by Crippen LogP contribution is -2.55. The van der Waals surface area contributed by atoms with Crippen LogP contribution in [0.15, 0.2) is 35.6 Å². The van der Waals surface area contributed by atoms with E-state index in [2.05, 4.69) is 19.9 Å². The Kier molecular flexibility index (Phi) is 5.32. The van der Waals surface area contributed by atoms with E-state index >= 15 is 0 Å². The Balaban J connectivity index is 1.64. The Bertz CT molecular complexity index is 1220. The summed E-state index contributed by atoms with van der Waals surface area (Å²) in [7, 11) is 0. The van der Waals surface area contributed by atoms with Gasteiger partial charge in [0, 0.05) is 24.7 Å². The standard InChI is InChI=1S/C22H21F4N5O2/c1-11-7-31(8-12(2)33-11)16-9-32-17-5-13(23)3-4-14(17)19(16)30-21-15-6-18(22(24,25)26)29-20(15)27-10-28-21/h3-6,10-12,16H,7-9H2,1-2H3,(H,27,28,29)/t11-,12+,16-/m1/s1. The van der Waals surface area contributed by atoms with Crippen molar-refractivity contribution in [3.05, 3.63) is 47.7 Å². The zero-order valence-corrected chi connectivity index (χ0v) is 17.9. The highest BCUT2D eigenvalue weighted by atomic mass is 19.4. The number of fused-ring (bicyclic) bond motifs is 2. The molecule has 3 aromatic rings. The number of rotatable bonds is 2. The molecule has 2 aliphatic heterocycles. The third-order valence-corrected chi connectivity index (χ3v) is 5.76. The van der Waals surface area contributed by atoms with Crippen LogP contribution in [0, 0.1) is 5.82 Å². The van der Waals surface area contributed by atoms with Crippen LogP contribution in [0.1, 0.15) is 25.1 Å². The van der Waals surface area contributed by atoms with Crippen molar-refractivity contribution >= 4 is 22.6 Å². The number of alkyl halides is 3. The predicted molar refractivity (Wildman–Crippen MR) is 112 cm³/mol. The highest BCUT2D eigenvalue weighted by Crippen LogP contribution is 2.35. The maximum atomic E-state index is 13.8. The fourth-order valence-corrected chi connectivity index (χ4v) is 4.42. The third kappa shape index (κ3) is 4.18. The average molecular weight is 463 g/mol. The summed E-state index contributed by atoms with van der Waals surface area (Å²) in [6, 6.07) is 4.79. The Morgan fingerprint density at radius 3 is 2.61 bits per heavy atom. The molecular formula is C22H21F4N5O2. The molecule has 1 aromatic carbocycles. The van der Waals surface area contributed by atoms with E-state index in [0.29, 0.717) is 30.1 Å². The lowest BCUT2D eigenvalue weighted by atomic mass is 9.97. The summed E-state index contributed by atoms with van der Waals surface area (Å²) in [5, 5.41) is 0.148. The number of morpholine rings is 1. The third-order valence-electron chi connectivity index (χ3n) is 5.76. The first kappa shape index (κ1) is 21.8. The molecule has 1 fully saturated rings. The van der Waals surface area contributed by atoms with Crippen molar-refractivity contribution in [3.63, 3.8) is 0 Å². The summed E-state index contributed by atoms with van der Waals surface area (Å²) < 4.78 is 65.3. The topological polar surface area (TPSA) is 75.6 Å². The van der Waals surface area contributed by atoms with E-state index in [4.69, 9.17) is 14.5 Å². The Labute approximate surface area is 186 Å². The number of aromatic nitrogens is 3. The Morgan fingerprint density at radius 2 is 1.88 bits per heavy atom. The van der Waals surface area contributed by atoms with Crippen molar-refractivity contribution in [3.8, 4) is 5.75 Å². The molecule has 3 atom stereocenters. The van der Waals surface area contributed by atoms with Crippen molar-refractivity contribution in [2.45, 2.75) is 38.3 Å². The Hall–Kier alpha value is -3.05. The van der Waals surface area contributed by atoms with Crippen molar-refractivity contribution in [1.82, 2.24) is 19.9 Å². The molecule has 2 aliphatic rings. The monoisotopic (exact) mass is 463 g/mol. The molecule has 5 rings (SSSR count). The van der Waals surface area contributed by atoms with Crippen LogP contribution in [0.3, 0.4) is 0 Å². The van der Waals surface area contributed by atoms with Crippen molar-refractivity contribution in [2.75, 3.05) is 19.7 Å². The molecule has 0 saturated carbocycles. The van der Waals surface area contributed by atoms with Gasteiger partial charge >= 0.3 is 6.18 Å². The zero-order chi connectivity index (χ0) is 23.3. The smallest absolute Gasteiger partial charge is 0.431 e. The highest BCUT2D eigenvalue weighted by molar-refractivity contribution is 6.09. The van der Waals surface area contributed by atoms with E-state index in [0.717, 1.165) is 12.4 Å². The summed E-state index contributed by atoms with van der Waals surface area (Å²) in [5.74, 6) is -0.0296. The van der Waals surface area contributed by atoms with Gasteiger partial charge in [0.25, 0.3) is 0 Å². The molecule has 0 spiro atoms. The van der Waals surface area contributed by atoms with E-state index < -0.39 is 17.7 Å². The van der Waals surface area contributed by atoms with Gasteiger partial charge in [-0.2, -0.15) is 13.2 Å². The number of aliphatic imine (C=N–C) groups is 1. The summed E-state index contributed by atoms with van der Waals surface area (Å²) >= 11 is 0. The summed E-state index contributed by atoms with van der Waals surface area (Å²) in [6.45, 7) is 5.40. The number of H-pyrrole nitrogens is 1. The van der Waals surface area contributed by atoms with E-state index in [9.17, 15) is 17.6 Å². The van der Waals surface area contributed by atoms with Gasteiger partial charge in [0.2, 0.25) is 0 Å². The Morgan fingerprint density at radius 1 is 1.12 bits per heavy atom. The van der Waals surface area contributed by atoms with E-state index in [1.165, 1.54) is 12.1 Å². The van der Waals surface area contributed by atoms with Gasteiger partial charge in [-0.15, -0.1) is 0 Å². The molecular weight excluding hydrogens is 442 g/mol. The minimum absolute atomic E-state index is 0.0191. The molecule has 1 N–H and O–H groups in total. The van der Waals surface area contributed by atoms with Gasteiger partial charge < -0.3 is 14.5 Å². The second kappa shape index (κ2) is 8.07. The number of halogens is 4. The first-order chi connectivity index (χ1) is 15.7. The van der Waals surface area contributed by atoms with E-state index in [1.54, 1.807) is 6.07 Å². The van der Waals surface area contributed by atoms with Gasteiger partial charge in [-0.25, -0.2) is 19.4 Å². The van der Waals surface area contributed by atoms with Crippen LogP contribution in [0.5, 0.6) is 5.75 Å². The largest absolute Gasteiger partial charge is 0.491 e. The summed E-state index contributed by atoms with van der Waals surface area (Å²) in [5.41, 5.74) is 0.222. The molecule has 0 amide bonds. The van der Waals surface area contributed by atoms with Gasteiger partial charge in [-0.3, -0.25) is 4.90 Å². The van der Waals surface area contributed by atoms with Crippen LogP contribution in [0.2, 0.25) is 0 Å². The van der Waals surface area contributed by atoms with Crippen LogP contribution in [0.4, 0.5) is 23.4 Å². The molecule has 0 bridgehead atoms. The molecule has 0 aliphatic carbocycles. The number of ether oxygens (including phenoxy) is 2. The number of aromatic amines is 1. The van der Waals surface area contributed by atoms with E-state index in [-0.39, 0.29) is 41.7 Å². The predicted octanol–water partition coefficient (Wildman–Crippen LogP) is 4.11. The molecule has 0 unspecified atom stereocenters. The van der Waals surface area contributed by atoms with Gasteiger partial charge in [0.15, 0.2) is 5.82 Å². The molecule has 174 valence electrons. The maximum Gasteiger partial charge on any atom is 0.431 e. The highest BCUT2D eigenvalue weighted by Gasteiger charge is 2.37. The lowest BCUT2D eigenvalue weighted by molar-refractivity contribution is -0.140. The van der Waals surface area contributed by atoms with Crippen LogP contribution >= 0.6 is 0 Å². The van der Waals surface area contributed by atoms with Crippen LogP contribution in [-0.4, -0.2) is 63.5 Å². The number of nitrogens with zero attached hydrogens (tertiary/aromatic N) is 4.